The summed E-state index contributed by atoms with van der Waals surface area (Å²) in [6.45, 7) is 4.06. The molecule has 1 amide bonds. The molecule has 3 rings (SSSR count). The second-order valence-electron chi connectivity index (χ2n) is 6.07. The molecule has 8 nitrogen and oxygen atoms in total. The second-order valence-corrected chi connectivity index (χ2v) is 6.07. The Kier molecular flexibility index (Phi) is 5.31. The Morgan fingerprint density at radius 1 is 1.23 bits per heavy atom. The van der Waals surface area contributed by atoms with Crippen LogP contribution in [-0.4, -0.2) is 53.5 Å². The molecule has 136 valence electrons. The highest BCUT2D eigenvalue weighted by atomic mass is 16.6. The van der Waals surface area contributed by atoms with E-state index in [0.717, 1.165) is 11.4 Å². The Bertz CT molecular complexity index is 789. The molecule has 0 atom stereocenters. The number of amides is 1. The van der Waals surface area contributed by atoms with Crippen LogP contribution in [0, 0.1) is 17.0 Å². The molecule has 0 N–H and O–H groups in total. The molecule has 0 unspecified atom stereocenters. The quantitative estimate of drug-likeness (QED) is 0.602. The first-order valence-electron chi connectivity index (χ1n) is 8.36. The average Bonchev–Trinajstić information content (AvgIpc) is 2.67. The van der Waals surface area contributed by atoms with E-state index >= 15 is 0 Å². The van der Waals surface area contributed by atoms with Crippen LogP contribution in [0.2, 0.25) is 0 Å². The van der Waals surface area contributed by atoms with Crippen molar-refractivity contribution < 1.29 is 14.5 Å². The fourth-order valence-electron chi connectivity index (χ4n) is 2.85. The van der Waals surface area contributed by atoms with Crippen LogP contribution in [0.3, 0.4) is 0 Å². The lowest BCUT2D eigenvalue weighted by Crippen LogP contribution is -2.50. The third kappa shape index (κ3) is 4.08. The maximum Gasteiger partial charge on any atom is 0.311 e. The number of hydrogen-bond acceptors (Lipinski definition) is 6. The zero-order valence-corrected chi connectivity index (χ0v) is 14.5. The molecule has 0 spiro atoms. The smallest absolute Gasteiger partial charge is 0.311 e. The lowest BCUT2D eigenvalue weighted by molar-refractivity contribution is -0.385. The van der Waals surface area contributed by atoms with E-state index in [4.69, 9.17) is 4.74 Å². The zero-order chi connectivity index (χ0) is 18.5. The Morgan fingerprint density at radius 3 is 2.65 bits per heavy atom. The summed E-state index contributed by atoms with van der Waals surface area (Å²) in [6.07, 6.45) is 1.75. The van der Waals surface area contributed by atoms with E-state index in [0.29, 0.717) is 26.2 Å². The first kappa shape index (κ1) is 17.7. The number of nitrogens with zero attached hydrogens (tertiary/aromatic N) is 4. The first-order valence-corrected chi connectivity index (χ1v) is 8.36. The maximum absolute atomic E-state index is 12.4. The van der Waals surface area contributed by atoms with Gasteiger partial charge >= 0.3 is 5.69 Å². The summed E-state index contributed by atoms with van der Waals surface area (Å²) in [5.41, 5.74) is 0.638. The van der Waals surface area contributed by atoms with Crippen molar-refractivity contribution in [1.29, 1.82) is 0 Å². The van der Waals surface area contributed by atoms with Crippen molar-refractivity contribution in [3.8, 4) is 5.75 Å². The predicted octanol–water partition coefficient (Wildman–Crippen LogP) is 2.03. The number of aromatic nitrogens is 1. The van der Waals surface area contributed by atoms with Crippen LogP contribution >= 0.6 is 0 Å². The second kappa shape index (κ2) is 7.81. The maximum atomic E-state index is 12.4. The van der Waals surface area contributed by atoms with E-state index in [1.807, 2.05) is 18.2 Å². The van der Waals surface area contributed by atoms with Crippen molar-refractivity contribution >= 4 is 17.4 Å². The normalized spacial score (nSPS) is 14.2. The van der Waals surface area contributed by atoms with Gasteiger partial charge in [-0.3, -0.25) is 14.9 Å². The van der Waals surface area contributed by atoms with Crippen molar-refractivity contribution in [3.63, 3.8) is 0 Å². The number of anilines is 1. The number of rotatable bonds is 5. The molecule has 8 heteroatoms. The molecule has 0 radical (unpaired) electrons. The van der Waals surface area contributed by atoms with Crippen LogP contribution in [-0.2, 0) is 4.79 Å². The minimum atomic E-state index is -0.502. The molecule has 1 fully saturated rings. The number of nitro groups is 1. The van der Waals surface area contributed by atoms with Crippen LogP contribution < -0.4 is 9.64 Å². The monoisotopic (exact) mass is 356 g/mol. The van der Waals surface area contributed by atoms with Gasteiger partial charge in [-0.2, -0.15) is 0 Å². The van der Waals surface area contributed by atoms with Gasteiger partial charge in [0.05, 0.1) is 4.92 Å². The Morgan fingerprint density at radius 2 is 2.00 bits per heavy atom. The van der Waals surface area contributed by atoms with Crippen LogP contribution in [0.15, 0.2) is 42.6 Å². The Balaban J connectivity index is 1.55. The summed E-state index contributed by atoms with van der Waals surface area (Å²) in [5, 5.41) is 11.1. The fourth-order valence-corrected chi connectivity index (χ4v) is 2.85. The molecule has 2 aromatic rings. The van der Waals surface area contributed by atoms with Gasteiger partial charge in [0.15, 0.2) is 12.4 Å². The van der Waals surface area contributed by atoms with Gasteiger partial charge in [0.25, 0.3) is 5.91 Å². The van der Waals surface area contributed by atoms with Gasteiger partial charge in [0, 0.05) is 38.4 Å². The lowest BCUT2D eigenvalue weighted by atomic mass is 10.2. The minimum Gasteiger partial charge on any atom is -0.477 e. The first-order chi connectivity index (χ1) is 12.5. The van der Waals surface area contributed by atoms with E-state index in [9.17, 15) is 14.9 Å². The summed E-state index contributed by atoms with van der Waals surface area (Å²) in [5.74, 6) is 0.827. The largest absolute Gasteiger partial charge is 0.477 e. The van der Waals surface area contributed by atoms with E-state index in [2.05, 4.69) is 9.88 Å². The lowest BCUT2D eigenvalue weighted by Gasteiger charge is -2.35. The standard InChI is InChI=1S/C18H20N4O4/c1-14-5-6-16(15(12-14)22(24)25)26-13-18(23)21-10-8-20(9-11-21)17-4-2-3-7-19-17/h2-7,12H,8-11,13H2,1H3. The highest BCUT2D eigenvalue weighted by Gasteiger charge is 2.23. The Labute approximate surface area is 151 Å². The third-order valence-electron chi connectivity index (χ3n) is 4.27. The number of carbonyl (C=O) groups excluding carboxylic acids is 1. The van der Waals surface area contributed by atoms with E-state index in [1.54, 1.807) is 24.1 Å². The molecular weight excluding hydrogens is 336 g/mol. The molecular formula is C18H20N4O4. The fraction of sp³-hybridized carbons (Fsp3) is 0.333. The van der Waals surface area contributed by atoms with Crippen molar-refractivity contribution in [2.24, 2.45) is 0 Å². The number of aryl methyl sites for hydroxylation is 1. The summed E-state index contributed by atoms with van der Waals surface area (Å²) >= 11 is 0. The number of piperazine rings is 1. The van der Waals surface area contributed by atoms with Crippen molar-refractivity contribution in [1.82, 2.24) is 9.88 Å². The number of nitro benzene ring substituents is 1. The van der Waals surface area contributed by atoms with Gasteiger partial charge in [-0.15, -0.1) is 0 Å². The van der Waals surface area contributed by atoms with Gasteiger partial charge in [-0.1, -0.05) is 12.1 Å². The molecule has 1 aliphatic heterocycles. The number of pyridine rings is 1. The number of carbonyl (C=O) groups is 1. The highest BCUT2D eigenvalue weighted by Crippen LogP contribution is 2.27. The summed E-state index contributed by atoms with van der Waals surface area (Å²) in [6, 6.07) is 10.4. The SMILES string of the molecule is Cc1ccc(OCC(=O)N2CCN(c3ccccn3)CC2)c([N+](=O)[O-])c1. The van der Waals surface area contributed by atoms with Crippen molar-refractivity contribution in [3.05, 3.63) is 58.3 Å². The molecule has 1 aromatic carbocycles. The molecule has 1 saturated heterocycles. The van der Waals surface area contributed by atoms with Crippen LogP contribution in [0.4, 0.5) is 11.5 Å². The minimum absolute atomic E-state index is 0.112. The van der Waals surface area contributed by atoms with Crippen molar-refractivity contribution in [2.45, 2.75) is 6.92 Å². The predicted molar refractivity (Wildman–Crippen MR) is 96.4 cm³/mol. The van der Waals surface area contributed by atoms with Gasteiger partial charge < -0.3 is 14.5 Å². The van der Waals surface area contributed by atoms with E-state index < -0.39 is 4.92 Å². The molecule has 1 aromatic heterocycles. The van der Waals surface area contributed by atoms with Gasteiger partial charge in [0.1, 0.15) is 5.82 Å². The van der Waals surface area contributed by atoms with E-state index in [-0.39, 0.29) is 24.0 Å². The Hall–Kier alpha value is -3.16. The molecule has 0 saturated carbocycles. The highest BCUT2D eigenvalue weighted by molar-refractivity contribution is 5.78. The summed E-state index contributed by atoms with van der Waals surface area (Å²) in [7, 11) is 0. The average molecular weight is 356 g/mol. The topological polar surface area (TPSA) is 88.8 Å². The molecule has 0 bridgehead atoms. The van der Waals surface area contributed by atoms with Gasteiger partial charge in [-0.05, 0) is 30.7 Å². The third-order valence-corrected chi connectivity index (χ3v) is 4.27. The molecule has 1 aliphatic rings. The van der Waals surface area contributed by atoms with Crippen LogP contribution in [0.25, 0.3) is 0 Å². The van der Waals surface area contributed by atoms with Gasteiger partial charge in [0.2, 0.25) is 0 Å². The molecule has 26 heavy (non-hydrogen) atoms. The van der Waals surface area contributed by atoms with Crippen molar-refractivity contribution in [2.75, 3.05) is 37.7 Å². The summed E-state index contributed by atoms with van der Waals surface area (Å²) in [4.78, 5) is 31.1. The number of ether oxygens (including phenoxy) is 1. The van der Waals surface area contributed by atoms with Gasteiger partial charge in [-0.25, -0.2) is 4.98 Å². The van der Waals surface area contributed by atoms with Crippen LogP contribution in [0.1, 0.15) is 5.56 Å². The number of hydrogen-bond donors (Lipinski definition) is 0. The summed E-state index contributed by atoms with van der Waals surface area (Å²) < 4.78 is 5.42. The molecule has 2 heterocycles. The zero-order valence-electron chi connectivity index (χ0n) is 14.5. The van der Waals surface area contributed by atoms with Crippen LogP contribution in [0.5, 0.6) is 5.75 Å². The van der Waals surface area contributed by atoms with E-state index in [1.165, 1.54) is 12.1 Å². The molecule has 0 aliphatic carbocycles. The number of benzene rings is 1.